The Morgan fingerprint density at radius 3 is 2.40 bits per heavy atom. The molecular formula is C22H17ClN2O5. The molecule has 0 unspecified atom stereocenters. The van der Waals surface area contributed by atoms with Crippen LogP contribution in [0.15, 0.2) is 54.6 Å². The number of benzene rings is 3. The molecule has 1 aliphatic rings. The summed E-state index contributed by atoms with van der Waals surface area (Å²) in [4.78, 5) is 25.6. The Hall–Kier alpha value is -3.71. The van der Waals surface area contributed by atoms with Gasteiger partial charge < -0.3 is 24.8 Å². The molecule has 0 aliphatic carbocycles. The Morgan fingerprint density at radius 1 is 1.00 bits per heavy atom. The molecule has 2 amide bonds. The molecule has 0 saturated heterocycles. The average molecular weight is 425 g/mol. The maximum absolute atomic E-state index is 12.9. The molecule has 2 N–H and O–H groups in total. The summed E-state index contributed by atoms with van der Waals surface area (Å²) in [6.07, 6.45) is 0. The third-order valence-electron chi connectivity index (χ3n) is 4.55. The average Bonchev–Trinajstić information content (AvgIpc) is 2.88. The molecule has 8 heteroatoms. The van der Waals surface area contributed by atoms with Gasteiger partial charge in [0.15, 0.2) is 5.75 Å². The summed E-state index contributed by atoms with van der Waals surface area (Å²) in [6, 6.07) is 14.8. The van der Waals surface area contributed by atoms with Crippen LogP contribution in [-0.2, 0) is 0 Å². The molecular weight excluding hydrogens is 408 g/mol. The molecule has 0 fully saturated rings. The fourth-order valence-electron chi connectivity index (χ4n) is 3.14. The lowest BCUT2D eigenvalue weighted by Crippen LogP contribution is -2.16. The summed E-state index contributed by atoms with van der Waals surface area (Å²) in [6.45, 7) is 0. The van der Waals surface area contributed by atoms with Crippen molar-refractivity contribution in [3.63, 3.8) is 0 Å². The van der Waals surface area contributed by atoms with E-state index in [1.807, 2.05) is 0 Å². The summed E-state index contributed by atoms with van der Waals surface area (Å²) >= 11 is 6.00. The summed E-state index contributed by atoms with van der Waals surface area (Å²) in [7, 11) is 2.94. The standard InChI is InChI=1S/C22H17ClN2O5/c1-28-18-4-3-5-19(29-2)20(18)22(27)24-13-7-9-16-14(11-13)21(26)25-15-10-12(23)6-8-17(15)30-16/h3-11H,1-2H3,(H,24,27)(H,25,26). The Bertz CT molecular complexity index is 1140. The van der Waals surface area contributed by atoms with Crippen molar-refractivity contribution >= 4 is 34.8 Å². The van der Waals surface area contributed by atoms with Crippen LogP contribution in [0.5, 0.6) is 23.0 Å². The number of carbonyl (C=O) groups is 2. The second-order valence-electron chi connectivity index (χ2n) is 6.40. The molecule has 0 aromatic heterocycles. The first kappa shape index (κ1) is 19.6. The molecule has 0 atom stereocenters. The predicted molar refractivity (Wildman–Crippen MR) is 113 cm³/mol. The highest BCUT2D eigenvalue weighted by Gasteiger charge is 2.23. The monoisotopic (exact) mass is 424 g/mol. The maximum atomic E-state index is 12.9. The van der Waals surface area contributed by atoms with Gasteiger partial charge in [0.05, 0.1) is 25.5 Å². The van der Waals surface area contributed by atoms with E-state index in [2.05, 4.69) is 10.6 Å². The minimum absolute atomic E-state index is 0.250. The van der Waals surface area contributed by atoms with E-state index in [9.17, 15) is 9.59 Å². The first-order chi connectivity index (χ1) is 14.5. The van der Waals surface area contributed by atoms with Gasteiger partial charge in [0.2, 0.25) is 0 Å². The van der Waals surface area contributed by atoms with Crippen molar-refractivity contribution in [3.8, 4) is 23.0 Å². The number of halogens is 1. The molecule has 7 nitrogen and oxygen atoms in total. The smallest absolute Gasteiger partial charge is 0.263 e. The highest BCUT2D eigenvalue weighted by atomic mass is 35.5. The highest BCUT2D eigenvalue weighted by molar-refractivity contribution is 6.31. The molecule has 0 bridgehead atoms. The van der Waals surface area contributed by atoms with Gasteiger partial charge in [-0.25, -0.2) is 0 Å². The van der Waals surface area contributed by atoms with Crippen molar-refractivity contribution in [2.45, 2.75) is 0 Å². The number of nitrogens with one attached hydrogen (secondary N) is 2. The minimum atomic E-state index is -0.436. The maximum Gasteiger partial charge on any atom is 0.263 e. The number of amides is 2. The molecule has 3 aromatic rings. The van der Waals surface area contributed by atoms with Crippen LogP contribution in [0.1, 0.15) is 20.7 Å². The van der Waals surface area contributed by atoms with E-state index in [0.29, 0.717) is 39.4 Å². The van der Waals surface area contributed by atoms with E-state index < -0.39 is 5.91 Å². The number of anilines is 2. The molecule has 4 rings (SSSR count). The lowest BCUT2D eigenvalue weighted by Gasteiger charge is -2.14. The van der Waals surface area contributed by atoms with Crippen molar-refractivity contribution < 1.29 is 23.8 Å². The lowest BCUT2D eigenvalue weighted by atomic mass is 10.1. The first-order valence-corrected chi connectivity index (χ1v) is 9.33. The number of hydrogen-bond acceptors (Lipinski definition) is 5. The van der Waals surface area contributed by atoms with Gasteiger partial charge in [-0.2, -0.15) is 0 Å². The van der Waals surface area contributed by atoms with Crippen molar-refractivity contribution in [1.82, 2.24) is 0 Å². The van der Waals surface area contributed by atoms with Crippen molar-refractivity contribution in [2.75, 3.05) is 24.9 Å². The third-order valence-corrected chi connectivity index (χ3v) is 4.78. The molecule has 1 heterocycles. The SMILES string of the molecule is COc1cccc(OC)c1C(=O)Nc1ccc2c(c1)C(=O)Nc1cc(Cl)ccc1O2. The molecule has 0 radical (unpaired) electrons. The second kappa shape index (κ2) is 7.96. The van der Waals surface area contributed by atoms with E-state index in [4.69, 9.17) is 25.8 Å². The van der Waals surface area contributed by atoms with Crippen molar-refractivity contribution in [1.29, 1.82) is 0 Å². The van der Waals surface area contributed by atoms with Crippen LogP contribution >= 0.6 is 11.6 Å². The van der Waals surface area contributed by atoms with Crippen molar-refractivity contribution in [3.05, 3.63) is 70.7 Å². The van der Waals surface area contributed by atoms with Crippen LogP contribution < -0.4 is 24.8 Å². The van der Waals surface area contributed by atoms with E-state index in [1.165, 1.54) is 20.3 Å². The van der Waals surface area contributed by atoms with E-state index in [1.54, 1.807) is 48.5 Å². The Morgan fingerprint density at radius 2 is 1.70 bits per heavy atom. The number of hydrogen-bond donors (Lipinski definition) is 2. The Labute approximate surface area is 177 Å². The van der Waals surface area contributed by atoms with Gasteiger partial charge in [0.1, 0.15) is 22.8 Å². The predicted octanol–water partition coefficient (Wildman–Crippen LogP) is 4.97. The van der Waals surface area contributed by atoms with Gasteiger partial charge in [-0.05, 0) is 48.5 Å². The van der Waals surface area contributed by atoms with Crippen LogP contribution in [0.4, 0.5) is 11.4 Å². The Kier molecular flexibility index (Phi) is 5.20. The molecule has 30 heavy (non-hydrogen) atoms. The highest BCUT2D eigenvalue weighted by Crippen LogP contribution is 2.38. The summed E-state index contributed by atoms with van der Waals surface area (Å²) in [5.74, 6) is 0.764. The largest absolute Gasteiger partial charge is 0.496 e. The van der Waals surface area contributed by atoms with Gasteiger partial charge in [-0.3, -0.25) is 9.59 Å². The van der Waals surface area contributed by atoms with Crippen LogP contribution in [0.3, 0.4) is 0 Å². The van der Waals surface area contributed by atoms with Gasteiger partial charge in [0, 0.05) is 10.7 Å². The summed E-state index contributed by atoms with van der Waals surface area (Å²) in [5.41, 5.74) is 1.40. The summed E-state index contributed by atoms with van der Waals surface area (Å²) < 4.78 is 16.4. The van der Waals surface area contributed by atoms with E-state index in [0.717, 1.165) is 0 Å². The number of methoxy groups -OCH3 is 2. The lowest BCUT2D eigenvalue weighted by molar-refractivity contribution is 0.101. The first-order valence-electron chi connectivity index (χ1n) is 8.95. The third kappa shape index (κ3) is 3.62. The normalized spacial score (nSPS) is 11.9. The van der Waals surface area contributed by atoms with Crippen LogP contribution in [0.2, 0.25) is 5.02 Å². The van der Waals surface area contributed by atoms with E-state index >= 15 is 0 Å². The molecule has 1 aliphatic heterocycles. The van der Waals surface area contributed by atoms with E-state index in [-0.39, 0.29) is 17.0 Å². The van der Waals surface area contributed by atoms with Gasteiger partial charge in [-0.15, -0.1) is 0 Å². The fourth-order valence-corrected chi connectivity index (χ4v) is 3.31. The zero-order valence-corrected chi connectivity index (χ0v) is 16.9. The topological polar surface area (TPSA) is 85.9 Å². The molecule has 0 spiro atoms. The number of ether oxygens (including phenoxy) is 3. The van der Waals surface area contributed by atoms with Gasteiger partial charge in [0.25, 0.3) is 11.8 Å². The zero-order chi connectivity index (χ0) is 21.3. The van der Waals surface area contributed by atoms with Gasteiger partial charge >= 0.3 is 0 Å². The molecule has 3 aromatic carbocycles. The minimum Gasteiger partial charge on any atom is -0.496 e. The quantitative estimate of drug-likeness (QED) is 0.617. The van der Waals surface area contributed by atoms with Crippen LogP contribution in [0, 0.1) is 0 Å². The van der Waals surface area contributed by atoms with Crippen molar-refractivity contribution in [2.24, 2.45) is 0 Å². The Balaban J connectivity index is 1.65. The van der Waals surface area contributed by atoms with Crippen LogP contribution in [0.25, 0.3) is 0 Å². The van der Waals surface area contributed by atoms with Crippen LogP contribution in [-0.4, -0.2) is 26.0 Å². The number of rotatable bonds is 4. The second-order valence-corrected chi connectivity index (χ2v) is 6.84. The summed E-state index contributed by atoms with van der Waals surface area (Å²) in [5, 5.41) is 6.01. The number of fused-ring (bicyclic) bond motifs is 2. The molecule has 0 saturated carbocycles. The zero-order valence-electron chi connectivity index (χ0n) is 16.1. The van der Waals surface area contributed by atoms with Gasteiger partial charge in [-0.1, -0.05) is 17.7 Å². The fraction of sp³-hybridized carbons (Fsp3) is 0.0909. The number of carbonyl (C=O) groups excluding carboxylic acids is 2. The molecule has 152 valence electrons.